The first-order valence-electron chi connectivity index (χ1n) is 2.82. The Morgan fingerprint density at radius 2 is 2.09 bits per heavy atom. The van der Waals surface area contributed by atoms with Gasteiger partial charge in [-0.15, -0.1) is 0 Å². The summed E-state index contributed by atoms with van der Waals surface area (Å²) in [5.74, 6) is -0.611. The number of aliphatic imine (C=N–C) groups is 1. The molecule has 0 bridgehead atoms. The second-order valence-corrected chi connectivity index (χ2v) is 2.03. The second kappa shape index (κ2) is 2.48. The van der Waals surface area contributed by atoms with Crippen molar-refractivity contribution in [3.05, 3.63) is 11.6 Å². The van der Waals surface area contributed by atoms with Gasteiger partial charge in [-0.3, -0.25) is 9.79 Å². The van der Waals surface area contributed by atoms with Crippen molar-refractivity contribution in [2.45, 2.75) is 6.18 Å². The Bertz CT molecular complexity index is 239. The number of alkyl halides is 3. The van der Waals surface area contributed by atoms with Crippen molar-refractivity contribution >= 4 is 12.0 Å². The molecule has 11 heavy (non-hydrogen) atoms. The minimum absolute atomic E-state index is 0.181. The molecule has 0 aliphatic carbocycles. The van der Waals surface area contributed by atoms with Gasteiger partial charge in [-0.25, -0.2) is 0 Å². The zero-order chi connectivity index (χ0) is 8.48. The summed E-state index contributed by atoms with van der Waals surface area (Å²) in [5, 5.41) is 0. The van der Waals surface area contributed by atoms with Crippen LogP contribution in [0, 0.1) is 0 Å². The summed E-state index contributed by atoms with van der Waals surface area (Å²) in [6, 6.07) is 0. The number of ketones is 1. The molecule has 0 spiro atoms. The molecule has 60 valence electrons. The number of halogens is 3. The number of allylic oxidation sites excluding steroid dienone is 1. The summed E-state index contributed by atoms with van der Waals surface area (Å²) in [7, 11) is 0. The SMILES string of the molecule is O=C1C=C(C(F)(F)F)C=NC1. The first-order chi connectivity index (χ1) is 5.00. The number of carbonyl (C=O) groups is 1. The van der Waals surface area contributed by atoms with Crippen LogP contribution in [-0.2, 0) is 4.79 Å². The highest BCUT2D eigenvalue weighted by Gasteiger charge is 2.33. The van der Waals surface area contributed by atoms with E-state index >= 15 is 0 Å². The third-order valence-corrected chi connectivity index (χ3v) is 1.12. The van der Waals surface area contributed by atoms with Crippen LogP contribution in [0.4, 0.5) is 13.2 Å². The Morgan fingerprint density at radius 3 is 2.45 bits per heavy atom. The highest BCUT2D eigenvalue weighted by molar-refractivity contribution is 6.01. The first kappa shape index (κ1) is 7.97. The van der Waals surface area contributed by atoms with Gasteiger partial charge in [0, 0.05) is 6.21 Å². The van der Waals surface area contributed by atoms with Gasteiger partial charge in [0.05, 0.1) is 5.57 Å². The predicted octanol–water partition coefficient (Wildman–Crippen LogP) is 1.13. The summed E-state index contributed by atoms with van der Waals surface area (Å²) in [4.78, 5) is 13.7. The largest absolute Gasteiger partial charge is 0.418 e. The summed E-state index contributed by atoms with van der Waals surface area (Å²) >= 11 is 0. The molecule has 0 amide bonds. The minimum Gasteiger partial charge on any atom is -0.293 e. The van der Waals surface area contributed by atoms with Gasteiger partial charge in [-0.05, 0) is 6.08 Å². The lowest BCUT2D eigenvalue weighted by Crippen LogP contribution is -2.18. The van der Waals surface area contributed by atoms with E-state index in [4.69, 9.17) is 0 Å². The number of rotatable bonds is 0. The molecular weight excluding hydrogens is 159 g/mol. The molecule has 0 saturated carbocycles. The van der Waals surface area contributed by atoms with Crippen LogP contribution in [0.3, 0.4) is 0 Å². The molecule has 0 radical (unpaired) electrons. The van der Waals surface area contributed by atoms with E-state index in [0.29, 0.717) is 12.3 Å². The van der Waals surface area contributed by atoms with Crippen LogP contribution in [0.5, 0.6) is 0 Å². The zero-order valence-electron chi connectivity index (χ0n) is 5.35. The van der Waals surface area contributed by atoms with Crippen molar-refractivity contribution < 1.29 is 18.0 Å². The van der Waals surface area contributed by atoms with Gasteiger partial charge in [-0.2, -0.15) is 13.2 Å². The van der Waals surface area contributed by atoms with Crippen molar-refractivity contribution in [3.8, 4) is 0 Å². The monoisotopic (exact) mass is 163 g/mol. The molecule has 1 heterocycles. The van der Waals surface area contributed by atoms with Crippen LogP contribution >= 0.6 is 0 Å². The molecule has 0 aromatic heterocycles. The molecule has 1 aliphatic rings. The Kier molecular flexibility index (Phi) is 1.80. The Hall–Kier alpha value is -1.13. The van der Waals surface area contributed by atoms with Crippen molar-refractivity contribution in [2.75, 3.05) is 6.54 Å². The number of carbonyl (C=O) groups excluding carboxylic acids is 1. The topological polar surface area (TPSA) is 29.4 Å². The molecule has 0 N–H and O–H groups in total. The molecule has 1 aliphatic heterocycles. The molecule has 0 fully saturated rings. The highest BCUT2D eigenvalue weighted by Crippen LogP contribution is 2.24. The van der Waals surface area contributed by atoms with Gasteiger partial charge < -0.3 is 0 Å². The first-order valence-corrected chi connectivity index (χ1v) is 2.82. The fourth-order valence-electron chi connectivity index (χ4n) is 0.645. The average molecular weight is 163 g/mol. The molecule has 0 aromatic carbocycles. The van der Waals surface area contributed by atoms with Crippen molar-refractivity contribution in [2.24, 2.45) is 4.99 Å². The number of hydrogen-bond donors (Lipinski definition) is 0. The van der Waals surface area contributed by atoms with E-state index in [1.54, 1.807) is 0 Å². The van der Waals surface area contributed by atoms with Gasteiger partial charge >= 0.3 is 6.18 Å². The van der Waals surface area contributed by atoms with Crippen LogP contribution in [0.1, 0.15) is 0 Å². The summed E-state index contributed by atoms with van der Waals surface area (Å²) in [6.07, 6.45) is -3.23. The van der Waals surface area contributed by atoms with Crippen LogP contribution < -0.4 is 0 Å². The van der Waals surface area contributed by atoms with Crippen LogP contribution in [-0.4, -0.2) is 24.7 Å². The Labute approximate surface area is 60.4 Å². The fraction of sp³-hybridized carbons (Fsp3) is 0.333. The van der Waals surface area contributed by atoms with Crippen molar-refractivity contribution in [1.82, 2.24) is 0 Å². The molecular formula is C6H4F3NO. The number of nitrogens with zero attached hydrogens (tertiary/aromatic N) is 1. The maximum Gasteiger partial charge on any atom is 0.418 e. The van der Waals surface area contributed by atoms with Gasteiger partial charge in [0.2, 0.25) is 0 Å². The Morgan fingerprint density at radius 1 is 1.45 bits per heavy atom. The lowest BCUT2D eigenvalue weighted by molar-refractivity contribution is -0.114. The Balaban J connectivity index is 2.88. The smallest absolute Gasteiger partial charge is 0.293 e. The molecule has 0 aromatic rings. The lowest BCUT2D eigenvalue weighted by Gasteiger charge is -2.08. The van der Waals surface area contributed by atoms with E-state index < -0.39 is 17.5 Å². The fourth-order valence-corrected chi connectivity index (χ4v) is 0.645. The van der Waals surface area contributed by atoms with E-state index in [9.17, 15) is 18.0 Å². The van der Waals surface area contributed by atoms with E-state index in [-0.39, 0.29) is 6.54 Å². The average Bonchev–Trinajstić information content (AvgIpc) is 1.86. The second-order valence-electron chi connectivity index (χ2n) is 2.03. The molecule has 0 saturated heterocycles. The summed E-state index contributed by atoms with van der Waals surface area (Å²) in [5.41, 5.74) is -0.978. The highest BCUT2D eigenvalue weighted by atomic mass is 19.4. The van der Waals surface area contributed by atoms with E-state index in [0.717, 1.165) is 0 Å². The predicted molar refractivity (Wildman–Crippen MR) is 32.5 cm³/mol. The summed E-state index contributed by atoms with van der Waals surface area (Å²) in [6.45, 7) is -0.181. The normalized spacial score (nSPS) is 18.5. The molecule has 0 atom stereocenters. The number of dihydropyridines is 1. The van der Waals surface area contributed by atoms with Gasteiger partial charge in [0.15, 0.2) is 5.78 Å². The van der Waals surface area contributed by atoms with Gasteiger partial charge in [0.1, 0.15) is 6.54 Å². The zero-order valence-corrected chi connectivity index (χ0v) is 5.35. The van der Waals surface area contributed by atoms with Gasteiger partial charge in [0.25, 0.3) is 0 Å². The van der Waals surface area contributed by atoms with E-state index in [2.05, 4.69) is 4.99 Å². The van der Waals surface area contributed by atoms with E-state index in [1.165, 1.54) is 0 Å². The maximum absolute atomic E-state index is 11.8. The molecule has 5 heteroatoms. The standard InChI is InChI=1S/C6H4F3NO/c7-6(8,9)4-1-5(11)3-10-2-4/h1-2H,3H2. The van der Waals surface area contributed by atoms with Crippen molar-refractivity contribution in [1.29, 1.82) is 0 Å². The lowest BCUT2D eigenvalue weighted by atomic mass is 10.2. The minimum atomic E-state index is -4.46. The maximum atomic E-state index is 11.8. The molecule has 0 unspecified atom stereocenters. The third kappa shape index (κ3) is 1.89. The summed E-state index contributed by atoms with van der Waals surface area (Å²) < 4.78 is 35.4. The van der Waals surface area contributed by atoms with Gasteiger partial charge in [-0.1, -0.05) is 0 Å². The third-order valence-electron chi connectivity index (χ3n) is 1.12. The van der Waals surface area contributed by atoms with Crippen LogP contribution in [0.2, 0.25) is 0 Å². The van der Waals surface area contributed by atoms with Crippen LogP contribution in [0.15, 0.2) is 16.6 Å². The number of hydrogen-bond acceptors (Lipinski definition) is 2. The quantitative estimate of drug-likeness (QED) is 0.526. The molecule has 2 nitrogen and oxygen atoms in total. The van der Waals surface area contributed by atoms with E-state index in [1.807, 2.05) is 0 Å². The van der Waals surface area contributed by atoms with Crippen LogP contribution in [0.25, 0.3) is 0 Å². The molecule has 1 rings (SSSR count). The van der Waals surface area contributed by atoms with Crippen molar-refractivity contribution in [3.63, 3.8) is 0 Å².